The summed E-state index contributed by atoms with van der Waals surface area (Å²) < 4.78 is 20.6. The lowest BCUT2D eigenvalue weighted by Gasteiger charge is -2.39. The fourth-order valence-corrected chi connectivity index (χ4v) is 6.03. The molecule has 174 valence electrons. The highest BCUT2D eigenvalue weighted by Gasteiger charge is 2.41. The molecule has 0 saturated carbocycles. The average molecular weight is 452 g/mol. The predicted octanol–water partition coefficient (Wildman–Crippen LogP) is 2.78. The fourth-order valence-electron chi connectivity index (χ4n) is 6.03. The molecule has 0 saturated heterocycles. The Hall–Kier alpha value is -2.45. The normalized spacial score (nSPS) is 23.6. The Labute approximate surface area is 192 Å². The Morgan fingerprint density at radius 1 is 1.24 bits per heavy atom. The third kappa shape index (κ3) is 2.99. The van der Waals surface area contributed by atoms with Gasteiger partial charge in [-0.25, -0.2) is 9.82 Å². The van der Waals surface area contributed by atoms with Gasteiger partial charge < -0.3 is 24.9 Å². The van der Waals surface area contributed by atoms with Crippen molar-refractivity contribution in [2.24, 2.45) is 0 Å². The van der Waals surface area contributed by atoms with Crippen LogP contribution < -0.4 is 10.4 Å². The summed E-state index contributed by atoms with van der Waals surface area (Å²) >= 11 is 0. The van der Waals surface area contributed by atoms with Gasteiger partial charge in [-0.3, -0.25) is 0 Å². The third-order valence-corrected chi connectivity index (χ3v) is 7.81. The molecule has 1 atom stereocenters. The first kappa shape index (κ1) is 21.1. The van der Waals surface area contributed by atoms with Crippen LogP contribution in [0.1, 0.15) is 35.6 Å². The van der Waals surface area contributed by atoms with Crippen molar-refractivity contribution in [1.82, 2.24) is 10.3 Å². The Kier molecular flexibility index (Phi) is 4.82. The second kappa shape index (κ2) is 7.53. The van der Waals surface area contributed by atoms with E-state index in [-0.39, 0.29) is 12.4 Å². The van der Waals surface area contributed by atoms with Crippen LogP contribution in [0, 0.1) is 12.7 Å². The van der Waals surface area contributed by atoms with Crippen molar-refractivity contribution in [1.29, 1.82) is 0 Å². The van der Waals surface area contributed by atoms with Gasteiger partial charge in [0.05, 0.1) is 25.5 Å². The molecule has 6 nitrogen and oxygen atoms in total. The number of aliphatic hydroxyl groups is 2. The van der Waals surface area contributed by atoms with Crippen LogP contribution in [0.25, 0.3) is 16.5 Å². The molecule has 0 amide bonds. The molecule has 0 fully saturated rings. The summed E-state index contributed by atoms with van der Waals surface area (Å²) in [6.45, 7) is 7.42. The van der Waals surface area contributed by atoms with Crippen molar-refractivity contribution in [2.45, 2.75) is 38.8 Å². The molecule has 0 aliphatic carbocycles. The van der Waals surface area contributed by atoms with E-state index >= 15 is 0 Å². The fraction of sp³-hybridized carbons (Fsp3) is 0.462. The van der Waals surface area contributed by atoms with Crippen molar-refractivity contribution in [2.75, 3.05) is 44.5 Å². The number of hydrogen-bond donors (Lipinski definition) is 3. The summed E-state index contributed by atoms with van der Waals surface area (Å²) in [5, 5.41) is 24.8. The smallest absolute Gasteiger partial charge is 0.127 e. The first-order valence-electron chi connectivity index (χ1n) is 11.8. The van der Waals surface area contributed by atoms with Gasteiger partial charge in [-0.2, -0.15) is 0 Å². The van der Waals surface area contributed by atoms with Crippen LogP contribution in [-0.4, -0.2) is 60.2 Å². The van der Waals surface area contributed by atoms with Gasteiger partial charge in [0.25, 0.3) is 0 Å². The summed E-state index contributed by atoms with van der Waals surface area (Å²) in [5.41, 5.74) is 10.8. The molecule has 4 aliphatic heterocycles. The lowest BCUT2D eigenvalue weighted by atomic mass is 9.83. The molecule has 3 N–H and O–H groups in total. The second-order valence-electron chi connectivity index (χ2n) is 9.63. The molecule has 4 aliphatic rings. The summed E-state index contributed by atoms with van der Waals surface area (Å²) in [7, 11) is 0. The number of fused-ring (bicyclic) bond motifs is 4. The summed E-state index contributed by atoms with van der Waals surface area (Å²) in [6, 6.07) is 3.78. The lowest BCUT2D eigenvalue weighted by molar-refractivity contribution is -0.0311. The van der Waals surface area contributed by atoms with Gasteiger partial charge in [-0.1, -0.05) is 6.92 Å². The maximum atomic E-state index is 14.9. The van der Waals surface area contributed by atoms with Gasteiger partial charge in [0, 0.05) is 48.4 Å². The topological polar surface area (TPSA) is 68.2 Å². The van der Waals surface area contributed by atoms with E-state index in [4.69, 9.17) is 4.74 Å². The van der Waals surface area contributed by atoms with Crippen molar-refractivity contribution in [3.05, 3.63) is 57.4 Å². The highest BCUT2D eigenvalue weighted by atomic mass is 19.1. The zero-order valence-corrected chi connectivity index (χ0v) is 19.2. The minimum absolute atomic E-state index is 0.0491. The minimum Gasteiger partial charge on any atom is -0.395 e. The molecule has 7 heteroatoms. The standard InChI is InChI=1S/C26H30FN3O3/c1-3-26(32)14-33-13-17-11-29-12-20-19(23(29)10-21(17)26)8-16-9-22(27)15(2)18-4-6-30(28-5-7-31)25(20)24(16)18/h8-10,28,31-32H,3-7,11-14H2,1-2H3/t26-/m1/s1. The van der Waals surface area contributed by atoms with Crippen LogP contribution >= 0.6 is 0 Å². The molecule has 33 heavy (non-hydrogen) atoms. The Bertz CT molecular complexity index is 1240. The quantitative estimate of drug-likeness (QED) is 0.664. The molecular weight excluding hydrogens is 421 g/mol. The van der Waals surface area contributed by atoms with Crippen molar-refractivity contribution < 1.29 is 19.3 Å². The van der Waals surface area contributed by atoms with Gasteiger partial charge in [0.1, 0.15) is 11.4 Å². The van der Waals surface area contributed by atoms with E-state index in [1.54, 1.807) is 6.07 Å². The van der Waals surface area contributed by atoms with Gasteiger partial charge in [0.2, 0.25) is 0 Å². The molecule has 0 unspecified atom stereocenters. The third-order valence-electron chi connectivity index (χ3n) is 7.81. The molecule has 6 rings (SSSR count). The molecule has 4 heterocycles. The van der Waals surface area contributed by atoms with E-state index in [9.17, 15) is 14.6 Å². The maximum Gasteiger partial charge on any atom is 0.127 e. The number of hydrogen-bond acceptors (Lipinski definition) is 6. The number of rotatable bonds is 4. The lowest BCUT2D eigenvalue weighted by Crippen LogP contribution is -2.44. The van der Waals surface area contributed by atoms with E-state index in [0.717, 1.165) is 76.0 Å². The number of benzene rings is 2. The molecule has 0 spiro atoms. The Morgan fingerprint density at radius 2 is 2.09 bits per heavy atom. The molecular formula is C26H30FN3O3. The number of ether oxygens (including phenoxy) is 1. The number of hydrazine groups is 1. The number of halogens is 1. The van der Waals surface area contributed by atoms with Crippen LogP contribution in [0.4, 0.5) is 10.1 Å². The molecule has 0 aromatic heterocycles. The van der Waals surface area contributed by atoms with Crippen LogP contribution in [0.2, 0.25) is 0 Å². The monoisotopic (exact) mass is 451 g/mol. The molecule has 0 bridgehead atoms. The zero-order valence-electron chi connectivity index (χ0n) is 19.2. The summed E-state index contributed by atoms with van der Waals surface area (Å²) in [6.07, 6.45) is 3.49. The van der Waals surface area contributed by atoms with E-state index in [0.29, 0.717) is 26.2 Å². The summed E-state index contributed by atoms with van der Waals surface area (Å²) in [5.74, 6) is -0.164. The molecule has 2 aromatic carbocycles. The van der Waals surface area contributed by atoms with Crippen LogP contribution in [-0.2, 0) is 17.7 Å². The second-order valence-corrected chi connectivity index (χ2v) is 9.63. The molecule has 2 aromatic rings. The van der Waals surface area contributed by atoms with Crippen LogP contribution in [0.15, 0.2) is 29.4 Å². The van der Waals surface area contributed by atoms with Crippen molar-refractivity contribution >= 4 is 22.2 Å². The number of nitrogens with one attached hydrogen (secondary N) is 1. The Balaban J connectivity index is 1.58. The minimum atomic E-state index is -0.967. The number of anilines is 1. The Morgan fingerprint density at radius 3 is 2.88 bits per heavy atom. The van der Waals surface area contributed by atoms with E-state index in [1.807, 2.05) is 13.8 Å². The van der Waals surface area contributed by atoms with Gasteiger partial charge >= 0.3 is 0 Å². The van der Waals surface area contributed by atoms with Crippen molar-refractivity contribution in [3.63, 3.8) is 0 Å². The number of nitrogens with zero attached hydrogens (tertiary/aromatic N) is 2. The zero-order chi connectivity index (χ0) is 22.9. The predicted molar refractivity (Wildman–Crippen MR) is 126 cm³/mol. The van der Waals surface area contributed by atoms with Crippen molar-refractivity contribution in [3.8, 4) is 0 Å². The molecule has 0 radical (unpaired) electrons. The first-order valence-corrected chi connectivity index (χ1v) is 11.8. The van der Waals surface area contributed by atoms with Crippen LogP contribution in [0.5, 0.6) is 0 Å². The van der Waals surface area contributed by atoms with Gasteiger partial charge in [-0.15, -0.1) is 0 Å². The van der Waals surface area contributed by atoms with Gasteiger partial charge in [0.15, 0.2) is 0 Å². The van der Waals surface area contributed by atoms with E-state index in [1.165, 1.54) is 5.56 Å². The van der Waals surface area contributed by atoms with E-state index < -0.39 is 5.60 Å². The largest absolute Gasteiger partial charge is 0.395 e. The highest BCUT2D eigenvalue weighted by Crippen LogP contribution is 2.49. The van der Waals surface area contributed by atoms with Crippen LogP contribution in [0.3, 0.4) is 0 Å². The maximum absolute atomic E-state index is 14.9. The highest BCUT2D eigenvalue weighted by molar-refractivity contribution is 6.04. The SMILES string of the molecule is CC[C@@]1(O)COCC2=C1C=C1c3cc4cc(F)c(C)c5c4c(c3CN1C2)N(NCCO)CC5. The average Bonchev–Trinajstić information content (AvgIpc) is 3.17. The van der Waals surface area contributed by atoms with Gasteiger partial charge in [-0.05, 0) is 65.6 Å². The van der Waals surface area contributed by atoms with E-state index in [2.05, 4.69) is 27.5 Å². The summed E-state index contributed by atoms with van der Waals surface area (Å²) in [4.78, 5) is 2.34. The first-order chi connectivity index (χ1) is 15.9. The number of aliphatic hydroxyl groups excluding tert-OH is 1.